The Balaban J connectivity index is 5.54. The SMILES string of the molecule is CCCCCCCCCCCC(CCCCCCCC)C(CCCC)(CC(CCCC)CCCCCC)C(=O)O. The molecule has 2 heteroatoms. The fourth-order valence-corrected chi connectivity index (χ4v) is 7.12. The largest absolute Gasteiger partial charge is 0.481 e. The number of hydrogen-bond donors (Lipinski definition) is 1. The first kappa shape index (κ1) is 39.5. The summed E-state index contributed by atoms with van der Waals surface area (Å²) in [5.41, 5.74) is -0.511. The van der Waals surface area contributed by atoms with E-state index < -0.39 is 11.4 Å². The third-order valence-corrected chi connectivity index (χ3v) is 9.83. The van der Waals surface area contributed by atoms with Crippen LogP contribution in [0.3, 0.4) is 0 Å². The minimum atomic E-state index is -0.511. The van der Waals surface area contributed by atoms with E-state index in [0.717, 1.165) is 38.5 Å². The maximum Gasteiger partial charge on any atom is 0.309 e. The Morgan fingerprint density at radius 3 is 1.25 bits per heavy atom. The molecule has 3 atom stereocenters. The van der Waals surface area contributed by atoms with Crippen molar-refractivity contribution in [3.05, 3.63) is 0 Å². The molecule has 0 aromatic rings. The van der Waals surface area contributed by atoms with Crippen LogP contribution in [0.2, 0.25) is 0 Å². The molecule has 0 aliphatic heterocycles. The van der Waals surface area contributed by atoms with Crippen molar-refractivity contribution in [2.24, 2.45) is 17.3 Å². The summed E-state index contributed by atoms with van der Waals surface area (Å²) in [6.07, 6.45) is 36.3. The summed E-state index contributed by atoms with van der Waals surface area (Å²) in [5, 5.41) is 11.0. The van der Waals surface area contributed by atoms with Gasteiger partial charge in [-0.15, -0.1) is 0 Å². The molecule has 0 radical (unpaired) electrons. The average Bonchev–Trinajstić information content (AvgIpc) is 2.95. The Morgan fingerprint density at radius 2 is 0.825 bits per heavy atom. The van der Waals surface area contributed by atoms with Crippen molar-refractivity contribution in [3.63, 3.8) is 0 Å². The third-order valence-electron chi connectivity index (χ3n) is 9.83. The molecule has 2 nitrogen and oxygen atoms in total. The van der Waals surface area contributed by atoms with Gasteiger partial charge in [0.05, 0.1) is 5.41 Å². The van der Waals surface area contributed by atoms with E-state index in [-0.39, 0.29) is 0 Å². The number of aliphatic carboxylic acids is 1. The predicted octanol–water partition coefficient (Wildman–Crippen LogP) is 13.7. The van der Waals surface area contributed by atoms with Crippen molar-refractivity contribution in [1.29, 1.82) is 0 Å². The number of unbranched alkanes of at least 4 members (excludes halogenated alkanes) is 18. The highest BCUT2D eigenvalue weighted by molar-refractivity contribution is 5.75. The minimum absolute atomic E-state index is 0.354. The number of carboxylic acid groups (broad SMARTS) is 1. The van der Waals surface area contributed by atoms with Crippen LogP contribution >= 0.6 is 0 Å². The first-order valence-electron chi connectivity index (χ1n) is 18.8. The Bertz CT molecular complexity index is 530. The van der Waals surface area contributed by atoms with Crippen LogP contribution in [0.1, 0.15) is 221 Å². The molecule has 0 aliphatic carbocycles. The summed E-state index contributed by atoms with van der Waals surface area (Å²) in [5.74, 6) is 0.481. The highest BCUT2D eigenvalue weighted by atomic mass is 16.4. The molecular formula is C38H76O2. The van der Waals surface area contributed by atoms with Gasteiger partial charge in [0.2, 0.25) is 0 Å². The van der Waals surface area contributed by atoms with Crippen LogP contribution in [0, 0.1) is 17.3 Å². The van der Waals surface area contributed by atoms with Gasteiger partial charge < -0.3 is 5.11 Å². The Hall–Kier alpha value is -0.530. The molecule has 1 N–H and O–H groups in total. The fraction of sp³-hybridized carbons (Fsp3) is 0.974. The van der Waals surface area contributed by atoms with Gasteiger partial charge in [0.25, 0.3) is 0 Å². The molecule has 0 aliphatic rings. The van der Waals surface area contributed by atoms with E-state index in [2.05, 4.69) is 34.6 Å². The molecule has 240 valence electrons. The monoisotopic (exact) mass is 565 g/mol. The van der Waals surface area contributed by atoms with E-state index >= 15 is 0 Å². The normalized spacial score (nSPS) is 14.7. The lowest BCUT2D eigenvalue weighted by Crippen LogP contribution is -2.41. The van der Waals surface area contributed by atoms with Crippen LogP contribution in [-0.4, -0.2) is 11.1 Å². The van der Waals surface area contributed by atoms with Crippen LogP contribution in [0.15, 0.2) is 0 Å². The molecular weight excluding hydrogens is 488 g/mol. The fourth-order valence-electron chi connectivity index (χ4n) is 7.12. The Kier molecular flexibility index (Phi) is 28.2. The molecule has 0 aromatic heterocycles. The van der Waals surface area contributed by atoms with Gasteiger partial charge in [-0.1, -0.05) is 195 Å². The highest BCUT2D eigenvalue weighted by Crippen LogP contribution is 2.47. The van der Waals surface area contributed by atoms with Gasteiger partial charge in [-0.2, -0.15) is 0 Å². The van der Waals surface area contributed by atoms with E-state index in [4.69, 9.17) is 0 Å². The second-order valence-electron chi connectivity index (χ2n) is 13.5. The van der Waals surface area contributed by atoms with Crippen molar-refractivity contribution in [3.8, 4) is 0 Å². The summed E-state index contributed by atoms with van der Waals surface area (Å²) < 4.78 is 0. The van der Waals surface area contributed by atoms with Gasteiger partial charge in [0.15, 0.2) is 0 Å². The van der Waals surface area contributed by atoms with E-state index in [1.807, 2.05) is 0 Å². The quantitative estimate of drug-likeness (QED) is 0.0825. The molecule has 0 aromatic carbocycles. The molecule has 40 heavy (non-hydrogen) atoms. The Morgan fingerprint density at radius 1 is 0.475 bits per heavy atom. The van der Waals surface area contributed by atoms with Crippen molar-refractivity contribution < 1.29 is 9.90 Å². The summed E-state index contributed by atoms with van der Waals surface area (Å²) in [4.78, 5) is 13.4. The molecule has 0 amide bonds. The number of rotatable bonds is 32. The predicted molar refractivity (Wildman–Crippen MR) is 179 cm³/mol. The first-order chi connectivity index (χ1) is 19.5. The van der Waals surface area contributed by atoms with Crippen molar-refractivity contribution in [2.75, 3.05) is 0 Å². The van der Waals surface area contributed by atoms with Gasteiger partial charge >= 0.3 is 5.97 Å². The van der Waals surface area contributed by atoms with Gasteiger partial charge in [-0.3, -0.25) is 4.79 Å². The summed E-state index contributed by atoms with van der Waals surface area (Å²) in [6.45, 7) is 11.4. The van der Waals surface area contributed by atoms with Gasteiger partial charge in [-0.25, -0.2) is 0 Å². The van der Waals surface area contributed by atoms with E-state index in [9.17, 15) is 9.90 Å². The van der Waals surface area contributed by atoms with Gasteiger partial charge in [0.1, 0.15) is 0 Å². The first-order valence-corrected chi connectivity index (χ1v) is 18.8. The molecule has 0 heterocycles. The molecule has 0 bridgehead atoms. The third kappa shape index (κ3) is 19.6. The molecule has 0 rings (SSSR count). The van der Waals surface area contributed by atoms with Crippen LogP contribution in [0.25, 0.3) is 0 Å². The van der Waals surface area contributed by atoms with Crippen LogP contribution in [0.4, 0.5) is 0 Å². The lowest BCUT2D eigenvalue weighted by molar-refractivity contribution is -0.156. The van der Waals surface area contributed by atoms with Gasteiger partial charge in [0, 0.05) is 0 Å². The van der Waals surface area contributed by atoms with Crippen molar-refractivity contribution in [2.45, 2.75) is 221 Å². The van der Waals surface area contributed by atoms with Gasteiger partial charge in [-0.05, 0) is 37.5 Å². The summed E-state index contributed by atoms with van der Waals surface area (Å²) in [6, 6.07) is 0. The standard InChI is InChI=1S/C38H76O2/c1-6-11-16-19-21-22-23-25-28-32-36(31-27-24-20-17-12-7-2)38(37(39)40,33-15-10-5)34-35(29-14-9-4)30-26-18-13-8-3/h35-36H,6-34H2,1-5H3,(H,39,40). The smallest absolute Gasteiger partial charge is 0.309 e. The number of carbonyl (C=O) groups is 1. The lowest BCUT2D eigenvalue weighted by Gasteiger charge is -2.41. The number of hydrogen-bond acceptors (Lipinski definition) is 1. The maximum atomic E-state index is 13.4. The molecule has 0 saturated carbocycles. The summed E-state index contributed by atoms with van der Waals surface area (Å²) >= 11 is 0. The molecule has 0 saturated heterocycles. The summed E-state index contributed by atoms with van der Waals surface area (Å²) in [7, 11) is 0. The highest BCUT2D eigenvalue weighted by Gasteiger charge is 2.45. The zero-order valence-corrected chi connectivity index (χ0v) is 28.5. The molecule has 0 fully saturated rings. The van der Waals surface area contributed by atoms with Crippen LogP contribution in [0.5, 0.6) is 0 Å². The van der Waals surface area contributed by atoms with Crippen molar-refractivity contribution >= 4 is 5.97 Å². The average molecular weight is 565 g/mol. The maximum absolute atomic E-state index is 13.4. The second-order valence-corrected chi connectivity index (χ2v) is 13.5. The lowest BCUT2D eigenvalue weighted by atomic mass is 9.63. The van der Waals surface area contributed by atoms with E-state index in [0.29, 0.717) is 11.8 Å². The minimum Gasteiger partial charge on any atom is -0.481 e. The molecule has 0 spiro atoms. The Labute approximate surface area is 253 Å². The van der Waals surface area contributed by atoms with E-state index in [1.165, 1.54) is 148 Å². The van der Waals surface area contributed by atoms with Crippen molar-refractivity contribution in [1.82, 2.24) is 0 Å². The topological polar surface area (TPSA) is 37.3 Å². The van der Waals surface area contributed by atoms with E-state index in [1.54, 1.807) is 0 Å². The zero-order chi connectivity index (χ0) is 29.7. The van der Waals surface area contributed by atoms with Crippen LogP contribution in [-0.2, 0) is 4.79 Å². The van der Waals surface area contributed by atoms with Crippen LogP contribution < -0.4 is 0 Å². The molecule has 3 unspecified atom stereocenters. The number of carboxylic acids is 1. The second kappa shape index (κ2) is 28.6. The zero-order valence-electron chi connectivity index (χ0n) is 28.5.